The van der Waals surface area contributed by atoms with Crippen LogP contribution < -0.4 is 0 Å². The van der Waals surface area contributed by atoms with Crippen LogP contribution in [0.1, 0.15) is 33.2 Å². The van der Waals surface area contributed by atoms with E-state index in [-0.39, 0.29) is 17.4 Å². The number of nitrogens with one attached hydrogen (secondary N) is 1. The van der Waals surface area contributed by atoms with Crippen molar-refractivity contribution in [3.05, 3.63) is 95.4 Å². The lowest BCUT2D eigenvalue weighted by Gasteiger charge is -2.26. The van der Waals surface area contributed by atoms with E-state index in [4.69, 9.17) is 0 Å². The van der Waals surface area contributed by atoms with E-state index < -0.39 is 6.04 Å². The van der Waals surface area contributed by atoms with Crippen molar-refractivity contribution < 1.29 is 15.0 Å². The van der Waals surface area contributed by atoms with Gasteiger partial charge in [-0.05, 0) is 41.5 Å². The number of phenols is 2. The van der Waals surface area contributed by atoms with Gasteiger partial charge in [0.05, 0.1) is 6.04 Å². The number of hydrogen-bond acceptors (Lipinski definition) is 5. The SMILES string of the molecule is O=C1c2[nH]nc(-c3ccccc3O)c2C(c2ccc(O)cc2)N1Cc1cccnc1. The standard InChI is InChI=1S/C23H18N4O3/c28-16-9-7-15(8-10-16)22-19-20(17-5-1-2-6-18(17)29)25-26-21(19)23(30)27(22)13-14-4-3-11-24-12-14/h1-12,22,28-29H,13H2,(H,25,26). The van der Waals surface area contributed by atoms with Crippen LogP contribution in [0.2, 0.25) is 0 Å². The molecule has 148 valence electrons. The van der Waals surface area contributed by atoms with Crippen LogP contribution in [0.25, 0.3) is 11.3 Å². The van der Waals surface area contributed by atoms with Gasteiger partial charge in [-0.15, -0.1) is 0 Å². The summed E-state index contributed by atoms with van der Waals surface area (Å²) in [5.41, 5.74) is 3.92. The average molecular weight is 398 g/mol. The zero-order chi connectivity index (χ0) is 20.7. The number of para-hydroxylation sites is 1. The van der Waals surface area contributed by atoms with Crippen LogP contribution in [0, 0.1) is 0 Å². The van der Waals surface area contributed by atoms with Gasteiger partial charge in [0.1, 0.15) is 22.9 Å². The third-order valence-electron chi connectivity index (χ3n) is 5.31. The average Bonchev–Trinajstić information content (AvgIpc) is 3.30. The molecule has 3 N–H and O–H groups in total. The van der Waals surface area contributed by atoms with Crippen molar-refractivity contribution in [2.24, 2.45) is 0 Å². The first-order valence-corrected chi connectivity index (χ1v) is 9.49. The highest BCUT2D eigenvalue weighted by Gasteiger charge is 2.42. The quantitative estimate of drug-likeness (QED) is 0.487. The number of fused-ring (bicyclic) bond motifs is 1. The van der Waals surface area contributed by atoms with Crippen molar-refractivity contribution in [1.29, 1.82) is 0 Å². The van der Waals surface area contributed by atoms with Gasteiger partial charge in [-0.2, -0.15) is 5.10 Å². The maximum atomic E-state index is 13.3. The van der Waals surface area contributed by atoms with Crippen molar-refractivity contribution in [3.8, 4) is 22.8 Å². The Kier molecular flexibility index (Phi) is 4.21. The molecule has 30 heavy (non-hydrogen) atoms. The molecule has 0 spiro atoms. The summed E-state index contributed by atoms with van der Waals surface area (Å²) in [5.74, 6) is 0.0609. The lowest BCUT2D eigenvalue weighted by molar-refractivity contribution is 0.0730. The number of benzene rings is 2. The van der Waals surface area contributed by atoms with Crippen molar-refractivity contribution >= 4 is 5.91 Å². The van der Waals surface area contributed by atoms with Crippen LogP contribution in [0.3, 0.4) is 0 Å². The van der Waals surface area contributed by atoms with Gasteiger partial charge in [-0.1, -0.05) is 30.3 Å². The third-order valence-corrected chi connectivity index (χ3v) is 5.31. The summed E-state index contributed by atoms with van der Waals surface area (Å²) in [6, 6.07) is 17.0. The van der Waals surface area contributed by atoms with E-state index >= 15 is 0 Å². The molecule has 1 unspecified atom stereocenters. The summed E-state index contributed by atoms with van der Waals surface area (Å²) in [6.07, 6.45) is 3.42. The number of aromatic nitrogens is 3. The van der Waals surface area contributed by atoms with Crippen molar-refractivity contribution in [2.45, 2.75) is 12.6 Å². The fourth-order valence-corrected chi connectivity index (χ4v) is 3.93. The second kappa shape index (κ2) is 7.04. The van der Waals surface area contributed by atoms with Gasteiger partial charge < -0.3 is 15.1 Å². The van der Waals surface area contributed by atoms with Crippen LogP contribution in [0.15, 0.2) is 73.1 Å². The smallest absolute Gasteiger partial charge is 0.273 e. The van der Waals surface area contributed by atoms with Crippen LogP contribution in [0.5, 0.6) is 11.5 Å². The lowest BCUT2D eigenvalue weighted by atomic mass is 9.95. The third kappa shape index (κ3) is 2.88. The Balaban J connectivity index is 1.67. The molecule has 1 atom stereocenters. The van der Waals surface area contributed by atoms with Crippen LogP contribution in [0.4, 0.5) is 0 Å². The molecule has 1 aliphatic rings. The van der Waals surface area contributed by atoms with E-state index in [1.807, 2.05) is 18.2 Å². The van der Waals surface area contributed by atoms with Gasteiger partial charge in [0.15, 0.2) is 0 Å². The maximum Gasteiger partial charge on any atom is 0.273 e. The minimum Gasteiger partial charge on any atom is -0.508 e. The summed E-state index contributed by atoms with van der Waals surface area (Å²) < 4.78 is 0. The molecule has 5 rings (SSSR count). The first-order valence-electron chi connectivity index (χ1n) is 9.49. The van der Waals surface area contributed by atoms with Gasteiger partial charge >= 0.3 is 0 Å². The largest absolute Gasteiger partial charge is 0.508 e. The molecule has 4 aromatic rings. The number of aromatic hydroxyl groups is 2. The highest BCUT2D eigenvalue weighted by Crippen LogP contribution is 2.45. The fourth-order valence-electron chi connectivity index (χ4n) is 3.93. The van der Waals surface area contributed by atoms with Crippen molar-refractivity contribution in [2.75, 3.05) is 0 Å². The molecule has 2 aromatic heterocycles. The highest BCUT2D eigenvalue weighted by molar-refractivity contribution is 6.00. The molecule has 1 amide bonds. The monoisotopic (exact) mass is 398 g/mol. The van der Waals surface area contributed by atoms with Crippen molar-refractivity contribution in [3.63, 3.8) is 0 Å². The lowest BCUT2D eigenvalue weighted by Crippen LogP contribution is -2.29. The zero-order valence-electron chi connectivity index (χ0n) is 15.9. The van der Waals surface area contributed by atoms with E-state index in [1.165, 1.54) is 0 Å². The number of hydrogen-bond donors (Lipinski definition) is 3. The predicted octanol–water partition coefficient (Wildman–Crippen LogP) is 3.63. The number of carbonyl (C=O) groups excluding carboxylic acids is 1. The Labute approximate surface area is 172 Å². The minimum absolute atomic E-state index is 0.0921. The molecule has 0 radical (unpaired) electrons. The molecule has 7 nitrogen and oxygen atoms in total. The van der Waals surface area contributed by atoms with Gasteiger partial charge in [0.2, 0.25) is 0 Å². The maximum absolute atomic E-state index is 13.3. The number of aromatic amines is 1. The van der Waals surface area contributed by atoms with E-state index in [9.17, 15) is 15.0 Å². The summed E-state index contributed by atoms with van der Waals surface area (Å²) >= 11 is 0. The molecule has 0 saturated carbocycles. The Morgan fingerprint density at radius 1 is 1.00 bits per heavy atom. The number of rotatable bonds is 4. The fraction of sp³-hybridized carbons (Fsp3) is 0.0870. The number of pyridine rings is 1. The second-order valence-electron chi connectivity index (χ2n) is 7.17. The number of H-pyrrole nitrogens is 1. The number of amides is 1. The molecule has 0 saturated heterocycles. The Morgan fingerprint density at radius 3 is 2.53 bits per heavy atom. The highest BCUT2D eigenvalue weighted by atomic mass is 16.3. The van der Waals surface area contributed by atoms with E-state index in [1.54, 1.807) is 59.8 Å². The summed E-state index contributed by atoms with van der Waals surface area (Å²) in [7, 11) is 0. The summed E-state index contributed by atoms with van der Waals surface area (Å²) in [4.78, 5) is 19.2. The first kappa shape index (κ1) is 17.9. The molecule has 0 fully saturated rings. The Hall–Kier alpha value is -4.13. The normalized spacial score (nSPS) is 15.4. The van der Waals surface area contributed by atoms with Crippen LogP contribution >= 0.6 is 0 Å². The topological polar surface area (TPSA) is 102 Å². The Morgan fingerprint density at radius 2 is 1.80 bits per heavy atom. The van der Waals surface area contributed by atoms with E-state index in [0.717, 1.165) is 11.1 Å². The summed E-state index contributed by atoms with van der Waals surface area (Å²) in [6.45, 7) is 0.362. The molecule has 7 heteroatoms. The minimum atomic E-state index is -0.429. The van der Waals surface area contributed by atoms with Crippen LogP contribution in [-0.2, 0) is 6.54 Å². The van der Waals surface area contributed by atoms with Gasteiger partial charge in [0, 0.05) is 30.1 Å². The molecule has 3 heterocycles. The summed E-state index contributed by atoms with van der Waals surface area (Å²) in [5, 5.41) is 27.3. The molecule has 0 aliphatic carbocycles. The molecule has 0 bridgehead atoms. The Bertz CT molecular complexity index is 1220. The molecular weight excluding hydrogens is 380 g/mol. The molecule has 2 aromatic carbocycles. The predicted molar refractivity (Wildman–Crippen MR) is 110 cm³/mol. The van der Waals surface area contributed by atoms with Crippen LogP contribution in [-0.4, -0.2) is 36.2 Å². The van der Waals surface area contributed by atoms with E-state index in [2.05, 4.69) is 15.2 Å². The van der Waals surface area contributed by atoms with Gasteiger partial charge in [-0.25, -0.2) is 0 Å². The second-order valence-corrected chi connectivity index (χ2v) is 7.17. The van der Waals surface area contributed by atoms with E-state index in [0.29, 0.717) is 29.1 Å². The zero-order valence-corrected chi connectivity index (χ0v) is 15.9. The number of phenolic OH excluding ortho intramolecular Hbond substituents is 2. The number of carbonyl (C=O) groups is 1. The first-order chi connectivity index (χ1) is 14.6. The van der Waals surface area contributed by atoms with Crippen molar-refractivity contribution in [1.82, 2.24) is 20.1 Å². The molecular formula is C23H18N4O3. The number of nitrogens with zero attached hydrogens (tertiary/aromatic N) is 3. The van der Waals surface area contributed by atoms with Gasteiger partial charge in [0.25, 0.3) is 5.91 Å². The van der Waals surface area contributed by atoms with Gasteiger partial charge in [-0.3, -0.25) is 14.9 Å². The molecule has 1 aliphatic heterocycles.